The quantitative estimate of drug-likeness (QED) is 0.775. The van der Waals surface area contributed by atoms with Crippen molar-refractivity contribution in [3.63, 3.8) is 0 Å². The highest BCUT2D eigenvalue weighted by molar-refractivity contribution is 7.80. The number of piperidine rings is 1. The molecule has 24 heavy (non-hydrogen) atoms. The maximum atomic E-state index is 12.3. The van der Waals surface area contributed by atoms with E-state index in [0.29, 0.717) is 42.1 Å². The Bertz CT molecular complexity index is 745. The second-order valence-electron chi connectivity index (χ2n) is 6.55. The number of rotatable bonds is 5. The summed E-state index contributed by atoms with van der Waals surface area (Å²) in [5.74, 6) is 1.54. The number of hydroxylamine groups is 2. The van der Waals surface area contributed by atoms with Gasteiger partial charge in [0, 0.05) is 13.0 Å². The van der Waals surface area contributed by atoms with Gasteiger partial charge in [-0.25, -0.2) is 4.79 Å². The van der Waals surface area contributed by atoms with Crippen molar-refractivity contribution in [2.75, 3.05) is 6.54 Å². The van der Waals surface area contributed by atoms with Gasteiger partial charge in [0.2, 0.25) is 11.8 Å². The van der Waals surface area contributed by atoms with Crippen molar-refractivity contribution in [3.05, 3.63) is 11.8 Å². The van der Waals surface area contributed by atoms with Crippen molar-refractivity contribution >= 4 is 16.4 Å². The van der Waals surface area contributed by atoms with E-state index in [0.717, 1.165) is 6.42 Å². The molecule has 1 aromatic rings. The topological polar surface area (TPSA) is 126 Å². The maximum Gasteiger partial charge on any atom is 0.418 e. The molecule has 1 aromatic heterocycles. The molecule has 4 rings (SSSR count). The van der Waals surface area contributed by atoms with Gasteiger partial charge in [-0.3, -0.25) is 4.55 Å². The predicted molar refractivity (Wildman–Crippen MR) is 77.7 cm³/mol. The van der Waals surface area contributed by atoms with Gasteiger partial charge in [-0.15, -0.1) is 14.5 Å². The fourth-order valence-corrected chi connectivity index (χ4v) is 3.90. The van der Waals surface area contributed by atoms with Crippen LogP contribution in [0.25, 0.3) is 0 Å². The summed E-state index contributed by atoms with van der Waals surface area (Å²) >= 11 is 0. The number of fused-ring (bicyclic) bond motifs is 2. The van der Waals surface area contributed by atoms with E-state index < -0.39 is 28.5 Å². The summed E-state index contributed by atoms with van der Waals surface area (Å²) in [5.41, 5.74) is 0. The fourth-order valence-electron chi connectivity index (χ4n) is 3.52. The lowest BCUT2D eigenvalue weighted by molar-refractivity contribution is -0.0317. The van der Waals surface area contributed by atoms with Crippen molar-refractivity contribution < 1.29 is 26.5 Å². The number of urea groups is 1. The summed E-state index contributed by atoms with van der Waals surface area (Å²) < 4.78 is 40.7. The molecule has 3 heterocycles. The number of amides is 2. The van der Waals surface area contributed by atoms with Crippen LogP contribution in [0.2, 0.25) is 0 Å². The Hall–Kier alpha value is -1.72. The molecule has 0 spiro atoms. The predicted octanol–water partition coefficient (Wildman–Crippen LogP) is 1.09. The van der Waals surface area contributed by atoms with E-state index >= 15 is 0 Å². The zero-order valence-electron chi connectivity index (χ0n) is 12.9. The number of hydrogen-bond acceptors (Lipinski definition) is 7. The molecule has 2 amide bonds. The molecule has 3 fully saturated rings. The molecule has 3 aliphatic rings. The second kappa shape index (κ2) is 5.67. The Labute approximate surface area is 138 Å². The minimum Gasteiger partial charge on any atom is -0.423 e. The molecule has 0 aromatic carbocycles. The van der Waals surface area contributed by atoms with Gasteiger partial charge in [-0.05, 0) is 31.6 Å². The van der Waals surface area contributed by atoms with Gasteiger partial charge >= 0.3 is 16.4 Å². The second-order valence-corrected chi connectivity index (χ2v) is 7.55. The van der Waals surface area contributed by atoms with Crippen LogP contribution in [0, 0.1) is 5.92 Å². The van der Waals surface area contributed by atoms with E-state index in [9.17, 15) is 13.2 Å². The summed E-state index contributed by atoms with van der Waals surface area (Å²) in [4.78, 5) is 13.8. The summed E-state index contributed by atoms with van der Waals surface area (Å²) in [6.45, 7) is 0.291. The minimum atomic E-state index is -4.74. The summed E-state index contributed by atoms with van der Waals surface area (Å²) in [7, 11) is -4.74. The Kier molecular flexibility index (Phi) is 3.73. The molecule has 2 bridgehead atoms. The monoisotopic (exact) mass is 358 g/mol. The Morgan fingerprint density at radius 3 is 2.71 bits per heavy atom. The van der Waals surface area contributed by atoms with Crippen LogP contribution in [-0.4, -0.2) is 51.7 Å². The van der Waals surface area contributed by atoms with Crippen molar-refractivity contribution in [2.24, 2.45) is 5.92 Å². The van der Waals surface area contributed by atoms with Crippen LogP contribution < -0.4 is 0 Å². The van der Waals surface area contributed by atoms with Gasteiger partial charge in [0.1, 0.15) is 6.04 Å². The summed E-state index contributed by atoms with van der Waals surface area (Å²) in [5, 5.41) is 8.84. The van der Waals surface area contributed by atoms with E-state index in [4.69, 9.17) is 8.97 Å². The van der Waals surface area contributed by atoms with E-state index in [1.165, 1.54) is 24.2 Å². The number of nitrogens with zero attached hydrogens (tertiary/aromatic N) is 4. The van der Waals surface area contributed by atoms with Crippen molar-refractivity contribution in [1.29, 1.82) is 0 Å². The first-order chi connectivity index (χ1) is 11.4. The summed E-state index contributed by atoms with van der Waals surface area (Å²) in [6.07, 6.45) is 5.43. The van der Waals surface area contributed by atoms with Crippen LogP contribution in [0.4, 0.5) is 4.79 Å². The van der Waals surface area contributed by atoms with Gasteiger partial charge < -0.3 is 9.32 Å². The normalized spacial score (nSPS) is 27.6. The molecular formula is C13H18N4O6S. The van der Waals surface area contributed by atoms with Gasteiger partial charge in [-0.2, -0.15) is 13.5 Å². The van der Waals surface area contributed by atoms with Gasteiger partial charge in [-0.1, -0.05) is 6.42 Å². The lowest BCUT2D eigenvalue weighted by Crippen LogP contribution is -2.35. The standard InChI is InChI=1S/C13H18N4O6S/c18-13-16-7-9(17(13)23-24(19,20)21)4-5-10(16)12-15-14-11(22-12)6-8-2-1-3-8/h8-10H,1-7H2,(H,19,20,21)/t9-,10+/m1/s1. The average molecular weight is 358 g/mol. The molecule has 10 nitrogen and oxygen atoms in total. The number of hydrogen-bond donors (Lipinski definition) is 1. The van der Waals surface area contributed by atoms with Crippen molar-refractivity contribution in [3.8, 4) is 0 Å². The third-order valence-electron chi connectivity index (χ3n) is 4.95. The number of carbonyl (C=O) groups is 1. The molecule has 1 N–H and O–H groups in total. The SMILES string of the molecule is O=C1N2C[C@@H](CC[C@H]2c2nnc(CC3CCC3)o2)N1OS(=O)(=O)O. The third kappa shape index (κ3) is 2.87. The fraction of sp³-hybridized carbons (Fsp3) is 0.769. The highest BCUT2D eigenvalue weighted by Gasteiger charge is 2.49. The largest absolute Gasteiger partial charge is 0.423 e. The van der Waals surface area contributed by atoms with E-state index in [-0.39, 0.29) is 0 Å². The molecular weight excluding hydrogens is 340 g/mol. The van der Waals surface area contributed by atoms with E-state index in [1.807, 2.05) is 0 Å². The molecule has 2 saturated heterocycles. The van der Waals surface area contributed by atoms with Crippen LogP contribution in [-0.2, 0) is 21.1 Å². The van der Waals surface area contributed by atoms with Gasteiger partial charge in [0.05, 0.1) is 6.04 Å². The van der Waals surface area contributed by atoms with E-state index in [2.05, 4.69) is 14.5 Å². The molecule has 0 unspecified atom stereocenters. The molecule has 2 atom stereocenters. The first-order valence-corrected chi connectivity index (χ1v) is 9.36. The Balaban J connectivity index is 1.48. The highest BCUT2D eigenvalue weighted by atomic mass is 32.3. The van der Waals surface area contributed by atoms with Crippen LogP contribution in [0.5, 0.6) is 0 Å². The molecule has 132 valence electrons. The zero-order chi connectivity index (χ0) is 16.9. The highest BCUT2D eigenvalue weighted by Crippen LogP contribution is 2.38. The first kappa shape index (κ1) is 15.8. The minimum absolute atomic E-state index is 0.291. The average Bonchev–Trinajstić information content (AvgIpc) is 3.02. The summed E-state index contributed by atoms with van der Waals surface area (Å²) in [6, 6.07) is -1.45. The Morgan fingerprint density at radius 2 is 2.04 bits per heavy atom. The lowest BCUT2D eigenvalue weighted by atomic mass is 9.83. The Morgan fingerprint density at radius 1 is 1.25 bits per heavy atom. The van der Waals surface area contributed by atoms with Crippen molar-refractivity contribution in [2.45, 2.75) is 50.6 Å². The van der Waals surface area contributed by atoms with Gasteiger partial charge in [0.25, 0.3) is 0 Å². The molecule has 2 aliphatic heterocycles. The molecule has 0 radical (unpaired) electrons. The smallest absolute Gasteiger partial charge is 0.418 e. The molecule has 1 aliphatic carbocycles. The van der Waals surface area contributed by atoms with Crippen LogP contribution in [0.1, 0.15) is 49.9 Å². The first-order valence-electron chi connectivity index (χ1n) is 8.00. The van der Waals surface area contributed by atoms with Crippen LogP contribution in [0.15, 0.2) is 4.42 Å². The molecule has 1 saturated carbocycles. The third-order valence-corrected chi connectivity index (χ3v) is 5.30. The maximum absolute atomic E-state index is 12.3. The van der Waals surface area contributed by atoms with Crippen LogP contribution in [0.3, 0.4) is 0 Å². The van der Waals surface area contributed by atoms with Gasteiger partial charge in [0.15, 0.2) is 0 Å². The zero-order valence-corrected chi connectivity index (χ0v) is 13.7. The number of carbonyl (C=O) groups excluding carboxylic acids is 1. The lowest BCUT2D eigenvalue weighted by Gasteiger charge is -2.27. The van der Waals surface area contributed by atoms with E-state index in [1.54, 1.807) is 0 Å². The van der Waals surface area contributed by atoms with Crippen LogP contribution >= 0.6 is 0 Å². The van der Waals surface area contributed by atoms with Crippen molar-refractivity contribution in [1.82, 2.24) is 20.2 Å². The number of aromatic nitrogens is 2. The molecule has 11 heteroatoms.